The van der Waals surface area contributed by atoms with Crippen molar-refractivity contribution in [1.82, 2.24) is 10.3 Å². The molecule has 5 heteroatoms. The van der Waals surface area contributed by atoms with Crippen LogP contribution in [-0.2, 0) is 0 Å². The van der Waals surface area contributed by atoms with Gasteiger partial charge in [0.05, 0.1) is 0 Å². The molecule has 0 saturated heterocycles. The molecule has 0 aliphatic carbocycles. The second kappa shape index (κ2) is 6.13. The van der Waals surface area contributed by atoms with Crippen molar-refractivity contribution in [2.24, 2.45) is 0 Å². The van der Waals surface area contributed by atoms with Gasteiger partial charge in [-0.3, -0.25) is 9.78 Å². The maximum absolute atomic E-state index is 12.3. The average molecular weight is 339 g/mol. The van der Waals surface area contributed by atoms with E-state index in [0.29, 0.717) is 23.1 Å². The molecule has 1 atom stereocenters. The van der Waals surface area contributed by atoms with Gasteiger partial charge in [-0.2, -0.15) is 0 Å². The summed E-state index contributed by atoms with van der Waals surface area (Å²) >= 11 is 6.00. The molecule has 24 heavy (non-hydrogen) atoms. The van der Waals surface area contributed by atoms with Gasteiger partial charge in [-0.05, 0) is 42.3 Å². The van der Waals surface area contributed by atoms with E-state index in [9.17, 15) is 4.79 Å². The van der Waals surface area contributed by atoms with Crippen molar-refractivity contribution in [3.63, 3.8) is 0 Å². The zero-order chi connectivity index (χ0) is 16.5. The van der Waals surface area contributed by atoms with E-state index in [2.05, 4.69) is 10.3 Å². The third-order valence-corrected chi connectivity index (χ3v) is 4.55. The quantitative estimate of drug-likeness (QED) is 0.759. The largest absolute Gasteiger partial charge is 0.451 e. The van der Waals surface area contributed by atoms with E-state index in [1.165, 1.54) is 0 Å². The van der Waals surface area contributed by atoms with Crippen molar-refractivity contribution in [2.75, 3.05) is 6.54 Å². The van der Waals surface area contributed by atoms with Crippen molar-refractivity contribution in [3.8, 4) is 11.3 Å². The highest BCUT2D eigenvalue weighted by atomic mass is 35.5. The van der Waals surface area contributed by atoms with Crippen LogP contribution in [0.4, 0.5) is 0 Å². The molecule has 0 saturated carbocycles. The Morgan fingerprint density at radius 1 is 1.12 bits per heavy atom. The number of nitrogens with one attached hydrogen (secondary N) is 1. The minimum Gasteiger partial charge on any atom is -0.451 e. The highest BCUT2D eigenvalue weighted by Crippen LogP contribution is 2.37. The second-order valence-electron chi connectivity index (χ2n) is 5.78. The number of nitrogens with zero attached hydrogens (tertiary/aromatic N) is 1. The number of rotatable bonds is 2. The van der Waals surface area contributed by atoms with E-state index in [1.807, 2.05) is 42.5 Å². The lowest BCUT2D eigenvalue weighted by atomic mass is 9.89. The Bertz CT molecular complexity index is 872. The number of amides is 1. The molecule has 3 heterocycles. The maximum atomic E-state index is 12.3. The number of pyridine rings is 1. The summed E-state index contributed by atoms with van der Waals surface area (Å²) in [5.74, 6) is 0.995. The van der Waals surface area contributed by atoms with E-state index >= 15 is 0 Å². The second-order valence-corrected chi connectivity index (χ2v) is 6.22. The number of benzene rings is 1. The van der Waals surface area contributed by atoms with Gasteiger partial charge in [0.1, 0.15) is 5.76 Å². The molecule has 0 spiro atoms. The number of aromatic nitrogens is 1. The van der Waals surface area contributed by atoms with E-state index in [1.54, 1.807) is 12.4 Å². The molecular formula is C19H15ClN2O2. The summed E-state index contributed by atoms with van der Waals surface area (Å²) in [6.07, 6.45) is 4.23. The zero-order valence-electron chi connectivity index (χ0n) is 12.8. The predicted molar refractivity (Wildman–Crippen MR) is 92.2 cm³/mol. The normalized spacial score (nSPS) is 17.0. The first-order valence-electron chi connectivity index (χ1n) is 7.80. The van der Waals surface area contributed by atoms with Crippen LogP contribution in [0.3, 0.4) is 0 Å². The van der Waals surface area contributed by atoms with Crippen molar-refractivity contribution < 1.29 is 9.21 Å². The molecule has 2 aromatic heterocycles. The van der Waals surface area contributed by atoms with Crippen LogP contribution in [0.25, 0.3) is 11.3 Å². The van der Waals surface area contributed by atoms with E-state index in [4.69, 9.17) is 16.0 Å². The molecule has 1 aromatic carbocycles. The first kappa shape index (κ1) is 15.0. The van der Waals surface area contributed by atoms with Crippen LogP contribution in [-0.4, -0.2) is 17.4 Å². The fraction of sp³-hybridized carbons (Fsp3) is 0.158. The van der Waals surface area contributed by atoms with Crippen LogP contribution < -0.4 is 5.32 Å². The first-order chi connectivity index (χ1) is 11.7. The van der Waals surface area contributed by atoms with Gasteiger partial charge >= 0.3 is 0 Å². The summed E-state index contributed by atoms with van der Waals surface area (Å²) in [4.78, 5) is 16.4. The minimum atomic E-state index is -0.165. The van der Waals surface area contributed by atoms with Crippen LogP contribution in [0.15, 0.2) is 59.3 Å². The smallest absolute Gasteiger partial charge is 0.287 e. The fourth-order valence-electron chi connectivity index (χ4n) is 3.11. The maximum Gasteiger partial charge on any atom is 0.287 e. The fourth-order valence-corrected chi connectivity index (χ4v) is 3.23. The van der Waals surface area contributed by atoms with E-state index < -0.39 is 0 Å². The summed E-state index contributed by atoms with van der Waals surface area (Å²) in [5.41, 5.74) is 2.94. The monoisotopic (exact) mass is 338 g/mol. The van der Waals surface area contributed by atoms with Crippen LogP contribution in [0.1, 0.15) is 34.0 Å². The number of carbonyl (C=O) groups excluding carboxylic acids is 1. The molecule has 0 fully saturated rings. The molecule has 3 aromatic rings. The number of furan rings is 1. The predicted octanol–water partition coefficient (Wildman–Crippen LogP) is 4.26. The van der Waals surface area contributed by atoms with Gasteiger partial charge in [0.25, 0.3) is 5.91 Å². The molecule has 4 rings (SSSR count). The topological polar surface area (TPSA) is 55.1 Å². The van der Waals surface area contributed by atoms with Crippen molar-refractivity contribution in [2.45, 2.75) is 12.3 Å². The Morgan fingerprint density at radius 2 is 1.88 bits per heavy atom. The molecule has 1 aliphatic rings. The Morgan fingerprint density at radius 3 is 2.62 bits per heavy atom. The molecule has 4 nitrogen and oxygen atoms in total. The third-order valence-electron chi connectivity index (χ3n) is 4.30. The van der Waals surface area contributed by atoms with Gasteiger partial charge in [-0.25, -0.2) is 0 Å². The summed E-state index contributed by atoms with van der Waals surface area (Å²) in [7, 11) is 0. The van der Waals surface area contributed by atoms with Gasteiger partial charge in [-0.1, -0.05) is 23.7 Å². The number of carbonyl (C=O) groups is 1. The Hall–Kier alpha value is -2.59. The van der Waals surface area contributed by atoms with Gasteiger partial charge in [0.2, 0.25) is 0 Å². The average Bonchev–Trinajstić information content (AvgIpc) is 2.99. The Labute approximate surface area is 144 Å². The Balaban J connectivity index is 1.82. The summed E-state index contributed by atoms with van der Waals surface area (Å²) < 4.78 is 5.89. The number of hydrogen-bond acceptors (Lipinski definition) is 3. The number of halogens is 1. The lowest BCUT2D eigenvalue weighted by Gasteiger charge is -2.14. The molecule has 1 N–H and O–H groups in total. The van der Waals surface area contributed by atoms with Crippen molar-refractivity contribution >= 4 is 17.5 Å². The standard InChI is InChI=1S/C19H15ClN2O2/c20-14-3-1-12(2-4-14)15-7-10-22-19(23)18-16(15)11-17(24-18)13-5-8-21-9-6-13/h1-6,8-9,11,15H,7,10H2,(H,22,23). The first-order valence-corrected chi connectivity index (χ1v) is 8.18. The van der Waals surface area contributed by atoms with Crippen LogP contribution in [0, 0.1) is 0 Å². The van der Waals surface area contributed by atoms with Gasteiger partial charge in [-0.15, -0.1) is 0 Å². The number of hydrogen-bond donors (Lipinski definition) is 1. The van der Waals surface area contributed by atoms with Crippen LogP contribution >= 0.6 is 11.6 Å². The molecule has 0 bridgehead atoms. The molecule has 120 valence electrons. The highest BCUT2D eigenvalue weighted by molar-refractivity contribution is 6.30. The SMILES string of the molecule is O=C1NCCC(c2ccc(Cl)cc2)c2cc(-c3ccncc3)oc21. The minimum absolute atomic E-state index is 0.0931. The third kappa shape index (κ3) is 2.69. The number of fused-ring (bicyclic) bond motifs is 1. The van der Waals surface area contributed by atoms with E-state index in [-0.39, 0.29) is 11.8 Å². The van der Waals surface area contributed by atoms with Gasteiger partial charge < -0.3 is 9.73 Å². The van der Waals surface area contributed by atoms with Crippen LogP contribution in [0.2, 0.25) is 5.02 Å². The highest BCUT2D eigenvalue weighted by Gasteiger charge is 2.29. The van der Waals surface area contributed by atoms with E-state index in [0.717, 1.165) is 23.1 Å². The Kier molecular flexibility index (Phi) is 3.82. The summed E-state index contributed by atoms with van der Waals surface area (Å²) in [5, 5.41) is 3.61. The van der Waals surface area contributed by atoms with Crippen molar-refractivity contribution in [1.29, 1.82) is 0 Å². The molecule has 0 radical (unpaired) electrons. The molecule has 1 aliphatic heterocycles. The summed E-state index contributed by atoms with van der Waals surface area (Å²) in [6, 6.07) is 13.5. The van der Waals surface area contributed by atoms with Crippen molar-refractivity contribution in [3.05, 3.63) is 76.8 Å². The lowest BCUT2D eigenvalue weighted by molar-refractivity contribution is 0.0929. The molecule has 1 unspecified atom stereocenters. The van der Waals surface area contributed by atoms with Gasteiger partial charge in [0, 0.05) is 41.0 Å². The summed E-state index contributed by atoms with van der Waals surface area (Å²) in [6.45, 7) is 0.612. The molecule has 1 amide bonds. The zero-order valence-corrected chi connectivity index (χ0v) is 13.6. The van der Waals surface area contributed by atoms with Gasteiger partial charge in [0.15, 0.2) is 5.76 Å². The van der Waals surface area contributed by atoms with Crippen LogP contribution in [0.5, 0.6) is 0 Å². The lowest BCUT2D eigenvalue weighted by Crippen LogP contribution is -2.22. The molecular weight excluding hydrogens is 324 g/mol.